The molecule has 2 rings (SSSR count). The molecule has 0 aromatic heterocycles. The van der Waals surface area contributed by atoms with Crippen molar-refractivity contribution < 1.29 is 4.74 Å². The fraction of sp³-hybridized carbons (Fsp3) is 0.667. The van der Waals surface area contributed by atoms with Gasteiger partial charge >= 0.3 is 0 Å². The Hall–Kier alpha value is -1.02. The van der Waals surface area contributed by atoms with E-state index >= 15 is 0 Å². The van der Waals surface area contributed by atoms with Crippen LogP contribution in [-0.2, 0) is 6.42 Å². The normalized spacial score (nSPS) is 22.7. The Bertz CT molecular complexity index is 374. The largest absolute Gasteiger partial charge is 0.497 e. The molecule has 1 aromatic carbocycles. The first-order chi connectivity index (χ1) is 9.78. The van der Waals surface area contributed by atoms with Gasteiger partial charge < -0.3 is 10.1 Å². The molecule has 1 aliphatic carbocycles. The lowest BCUT2D eigenvalue weighted by molar-refractivity contribution is 0.268. The number of nitrogens with one attached hydrogen (secondary N) is 1. The average molecular weight is 275 g/mol. The maximum atomic E-state index is 5.17. The highest BCUT2D eigenvalue weighted by molar-refractivity contribution is 5.27. The number of hydrogen-bond acceptors (Lipinski definition) is 2. The first kappa shape index (κ1) is 15.4. The van der Waals surface area contributed by atoms with Gasteiger partial charge in [-0.15, -0.1) is 0 Å². The van der Waals surface area contributed by atoms with Gasteiger partial charge in [-0.2, -0.15) is 0 Å². The number of ether oxygens (including phenoxy) is 1. The Morgan fingerprint density at radius 3 is 2.65 bits per heavy atom. The molecule has 0 heterocycles. The zero-order valence-corrected chi connectivity index (χ0v) is 13.0. The van der Waals surface area contributed by atoms with Gasteiger partial charge in [0.15, 0.2) is 0 Å². The summed E-state index contributed by atoms with van der Waals surface area (Å²) >= 11 is 0. The summed E-state index contributed by atoms with van der Waals surface area (Å²) in [4.78, 5) is 0. The van der Waals surface area contributed by atoms with Gasteiger partial charge in [0.2, 0.25) is 0 Å². The highest BCUT2D eigenvalue weighted by Gasteiger charge is 2.17. The molecule has 2 heteroatoms. The molecule has 20 heavy (non-hydrogen) atoms. The lowest BCUT2D eigenvalue weighted by Crippen LogP contribution is -2.23. The summed E-state index contributed by atoms with van der Waals surface area (Å²) < 4.78 is 5.17. The summed E-state index contributed by atoms with van der Waals surface area (Å²) in [6.07, 6.45) is 8.24. The van der Waals surface area contributed by atoms with Crippen LogP contribution in [0.5, 0.6) is 5.75 Å². The van der Waals surface area contributed by atoms with Crippen LogP contribution in [0.25, 0.3) is 0 Å². The summed E-state index contributed by atoms with van der Waals surface area (Å²) in [5.41, 5.74) is 1.38. The lowest BCUT2D eigenvalue weighted by Gasteiger charge is -2.26. The third-order valence-electron chi connectivity index (χ3n) is 4.52. The van der Waals surface area contributed by atoms with Crippen LogP contribution in [0, 0.1) is 11.8 Å². The van der Waals surface area contributed by atoms with Crippen molar-refractivity contribution in [3.05, 3.63) is 29.8 Å². The molecular weight excluding hydrogens is 246 g/mol. The van der Waals surface area contributed by atoms with Crippen LogP contribution in [0.1, 0.15) is 44.6 Å². The summed E-state index contributed by atoms with van der Waals surface area (Å²) in [7, 11) is 1.71. The van der Waals surface area contributed by atoms with Crippen LogP contribution in [0.2, 0.25) is 0 Å². The van der Waals surface area contributed by atoms with Crippen molar-refractivity contribution in [2.45, 2.75) is 45.4 Å². The van der Waals surface area contributed by atoms with E-state index in [1.54, 1.807) is 7.11 Å². The second kappa shape index (κ2) is 8.31. The maximum absolute atomic E-state index is 5.17. The topological polar surface area (TPSA) is 21.3 Å². The Morgan fingerprint density at radius 2 is 1.95 bits per heavy atom. The minimum atomic E-state index is 0.938. The first-order valence-corrected chi connectivity index (χ1v) is 8.11. The molecular formula is C18H29NO. The minimum Gasteiger partial charge on any atom is -0.497 e. The molecule has 0 bridgehead atoms. The molecule has 0 amide bonds. The van der Waals surface area contributed by atoms with Crippen molar-refractivity contribution in [3.8, 4) is 5.75 Å². The predicted molar refractivity (Wildman–Crippen MR) is 85.3 cm³/mol. The summed E-state index contributed by atoms with van der Waals surface area (Å²) in [6.45, 7) is 4.66. The summed E-state index contributed by atoms with van der Waals surface area (Å²) in [6, 6.07) is 8.39. The van der Waals surface area contributed by atoms with E-state index in [2.05, 4.69) is 24.4 Å². The van der Waals surface area contributed by atoms with Gasteiger partial charge in [0, 0.05) is 0 Å². The van der Waals surface area contributed by atoms with Crippen molar-refractivity contribution in [2.75, 3.05) is 20.2 Å². The van der Waals surface area contributed by atoms with E-state index in [4.69, 9.17) is 4.74 Å². The fourth-order valence-electron chi connectivity index (χ4n) is 3.28. The van der Waals surface area contributed by atoms with Gasteiger partial charge in [-0.1, -0.05) is 38.3 Å². The molecule has 1 aliphatic rings. The third kappa shape index (κ3) is 5.16. The number of benzene rings is 1. The first-order valence-electron chi connectivity index (χ1n) is 8.11. The summed E-state index contributed by atoms with van der Waals surface area (Å²) in [5.74, 6) is 2.86. The average Bonchev–Trinajstić information content (AvgIpc) is 2.48. The van der Waals surface area contributed by atoms with Gasteiger partial charge in [-0.3, -0.25) is 0 Å². The van der Waals surface area contributed by atoms with Crippen LogP contribution in [-0.4, -0.2) is 20.2 Å². The van der Waals surface area contributed by atoms with Crippen molar-refractivity contribution >= 4 is 0 Å². The van der Waals surface area contributed by atoms with Crippen LogP contribution in [0.4, 0.5) is 0 Å². The SMILES string of the molecule is COc1ccc(CCNCCC2CCCC(C)C2)cc1. The van der Waals surface area contributed by atoms with Gasteiger partial charge in [-0.25, -0.2) is 0 Å². The van der Waals surface area contributed by atoms with Crippen molar-refractivity contribution in [3.63, 3.8) is 0 Å². The van der Waals surface area contributed by atoms with E-state index in [1.165, 1.54) is 44.2 Å². The van der Waals surface area contributed by atoms with Crippen LogP contribution in [0.15, 0.2) is 24.3 Å². The van der Waals surface area contributed by atoms with E-state index in [0.717, 1.165) is 30.6 Å². The Morgan fingerprint density at radius 1 is 1.15 bits per heavy atom. The Balaban J connectivity index is 1.56. The molecule has 2 atom stereocenters. The second-order valence-corrected chi connectivity index (χ2v) is 6.27. The highest BCUT2D eigenvalue weighted by atomic mass is 16.5. The van der Waals surface area contributed by atoms with Crippen molar-refractivity contribution in [1.82, 2.24) is 5.32 Å². The van der Waals surface area contributed by atoms with Crippen LogP contribution < -0.4 is 10.1 Å². The number of hydrogen-bond donors (Lipinski definition) is 1. The number of rotatable bonds is 7. The molecule has 1 saturated carbocycles. The molecule has 2 nitrogen and oxygen atoms in total. The minimum absolute atomic E-state index is 0.938. The van der Waals surface area contributed by atoms with Gasteiger partial charge in [0.05, 0.1) is 7.11 Å². The van der Waals surface area contributed by atoms with E-state index in [9.17, 15) is 0 Å². The number of methoxy groups -OCH3 is 1. The summed E-state index contributed by atoms with van der Waals surface area (Å²) in [5, 5.41) is 3.59. The standard InChI is InChI=1S/C18H29NO/c1-15-4-3-5-17(14-15)11-13-19-12-10-16-6-8-18(20-2)9-7-16/h6-9,15,17,19H,3-5,10-14H2,1-2H3. The molecule has 2 unspecified atom stereocenters. The zero-order valence-electron chi connectivity index (χ0n) is 13.0. The molecule has 1 fully saturated rings. The molecule has 0 saturated heterocycles. The molecule has 1 N–H and O–H groups in total. The van der Waals surface area contributed by atoms with Crippen LogP contribution in [0.3, 0.4) is 0 Å². The Labute approximate surface area is 123 Å². The molecule has 0 spiro atoms. The Kier molecular flexibility index (Phi) is 6.38. The fourth-order valence-corrected chi connectivity index (χ4v) is 3.28. The van der Waals surface area contributed by atoms with E-state index in [1.807, 2.05) is 12.1 Å². The third-order valence-corrected chi connectivity index (χ3v) is 4.52. The molecule has 0 radical (unpaired) electrons. The van der Waals surface area contributed by atoms with Gasteiger partial charge in [-0.05, 0) is 61.9 Å². The monoisotopic (exact) mass is 275 g/mol. The van der Waals surface area contributed by atoms with E-state index in [-0.39, 0.29) is 0 Å². The zero-order chi connectivity index (χ0) is 14.2. The van der Waals surface area contributed by atoms with Crippen molar-refractivity contribution in [2.24, 2.45) is 11.8 Å². The van der Waals surface area contributed by atoms with E-state index < -0.39 is 0 Å². The molecule has 1 aromatic rings. The van der Waals surface area contributed by atoms with Gasteiger partial charge in [0.1, 0.15) is 5.75 Å². The van der Waals surface area contributed by atoms with Crippen LogP contribution >= 0.6 is 0 Å². The highest BCUT2D eigenvalue weighted by Crippen LogP contribution is 2.30. The smallest absolute Gasteiger partial charge is 0.118 e. The molecule has 112 valence electrons. The predicted octanol–water partition coefficient (Wildman–Crippen LogP) is 4.04. The quantitative estimate of drug-likeness (QED) is 0.758. The maximum Gasteiger partial charge on any atom is 0.118 e. The lowest BCUT2D eigenvalue weighted by atomic mass is 9.81. The van der Waals surface area contributed by atoms with Crippen molar-refractivity contribution in [1.29, 1.82) is 0 Å². The second-order valence-electron chi connectivity index (χ2n) is 6.27. The van der Waals surface area contributed by atoms with Gasteiger partial charge in [0.25, 0.3) is 0 Å². The molecule has 0 aliphatic heterocycles. The van der Waals surface area contributed by atoms with E-state index in [0.29, 0.717) is 0 Å².